The van der Waals surface area contributed by atoms with E-state index in [0.29, 0.717) is 0 Å². The van der Waals surface area contributed by atoms with Gasteiger partial charge < -0.3 is 15.2 Å². The molecule has 1 unspecified atom stereocenters. The number of aryl methyl sites for hydroxylation is 1. The number of carbonyl (C=O) groups excluding carboxylic acids is 1. The fourth-order valence-electron chi connectivity index (χ4n) is 1.98. The van der Waals surface area contributed by atoms with Crippen molar-refractivity contribution >= 4 is 16.2 Å². The van der Waals surface area contributed by atoms with Gasteiger partial charge in [0.2, 0.25) is 0 Å². The predicted octanol–water partition coefficient (Wildman–Crippen LogP) is 1.99. The third-order valence-electron chi connectivity index (χ3n) is 3.42. The standard InChI is InChI=1S/C18H21NO6S/c1-14-7-9-17(10-8-14)26(22,23)25-13-16(20)11-19-18(21)24-12-15-5-3-2-4-6-15/h2-10,16,20H,11-13H2,1H3,(H,19,21). The van der Waals surface area contributed by atoms with Gasteiger partial charge in [-0.05, 0) is 24.6 Å². The Morgan fingerprint density at radius 1 is 1.12 bits per heavy atom. The van der Waals surface area contributed by atoms with Crippen molar-refractivity contribution in [1.82, 2.24) is 5.32 Å². The average molecular weight is 379 g/mol. The molecule has 2 N–H and O–H groups in total. The zero-order chi connectivity index (χ0) is 19.0. The fraction of sp³-hybridized carbons (Fsp3) is 0.278. The van der Waals surface area contributed by atoms with Gasteiger partial charge in [-0.3, -0.25) is 4.18 Å². The van der Waals surface area contributed by atoms with E-state index >= 15 is 0 Å². The van der Waals surface area contributed by atoms with Crippen LogP contribution >= 0.6 is 0 Å². The van der Waals surface area contributed by atoms with Gasteiger partial charge in [0.1, 0.15) is 6.61 Å². The van der Waals surface area contributed by atoms with Crippen LogP contribution in [0.2, 0.25) is 0 Å². The third-order valence-corrected chi connectivity index (χ3v) is 4.72. The first-order valence-electron chi connectivity index (χ1n) is 7.95. The summed E-state index contributed by atoms with van der Waals surface area (Å²) in [5.74, 6) is 0. The molecule has 0 bridgehead atoms. The molecule has 140 valence electrons. The molecule has 1 amide bonds. The highest BCUT2D eigenvalue weighted by molar-refractivity contribution is 7.86. The van der Waals surface area contributed by atoms with E-state index in [4.69, 9.17) is 8.92 Å². The van der Waals surface area contributed by atoms with Crippen molar-refractivity contribution in [3.05, 3.63) is 65.7 Å². The molecule has 0 saturated carbocycles. The molecule has 7 nitrogen and oxygen atoms in total. The molecule has 0 fully saturated rings. The quantitative estimate of drug-likeness (QED) is 0.680. The van der Waals surface area contributed by atoms with Gasteiger partial charge in [0.05, 0.1) is 17.6 Å². The second-order valence-corrected chi connectivity index (χ2v) is 7.26. The van der Waals surface area contributed by atoms with Crippen molar-refractivity contribution in [2.24, 2.45) is 0 Å². The summed E-state index contributed by atoms with van der Waals surface area (Å²) in [6, 6.07) is 15.3. The number of amides is 1. The van der Waals surface area contributed by atoms with Crippen molar-refractivity contribution < 1.29 is 27.2 Å². The Morgan fingerprint density at radius 2 is 1.77 bits per heavy atom. The zero-order valence-corrected chi connectivity index (χ0v) is 15.1. The molecule has 2 aromatic carbocycles. The summed E-state index contributed by atoms with van der Waals surface area (Å²) < 4.78 is 33.8. The van der Waals surface area contributed by atoms with E-state index in [1.54, 1.807) is 12.1 Å². The lowest BCUT2D eigenvalue weighted by Crippen LogP contribution is -2.35. The smallest absolute Gasteiger partial charge is 0.407 e. The maximum Gasteiger partial charge on any atom is 0.407 e. The Labute approximate surface area is 152 Å². The number of ether oxygens (including phenoxy) is 1. The van der Waals surface area contributed by atoms with Crippen LogP contribution in [0.25, 0.3) is 0 Å². The summed E-state index contributed by atoms with van der Waals surface area (Å²) in [4.78, 5) is 11.6. The molecule has 0 spiro atoms. The van der Waals surface area contributed by atoms with Crippen LogP contribution in [-0.2, 0) is 25.6 Å². The van der Waals surface area contributed by atoms with Gasteiger partial charge in [-0.2, -0.15) is 8.42 Å². The average Bonchev–Trinajstić information content (AvgIpc) is 2.64. The van der Waals surface area contributed by atoms with Crippen molar-refractivity contribution in [2.45, 2.75) is 24.5 Å². The highest BCUT2D eigenvalue weighted by Crippen LogP contribution is 2.13. The highest BCUT2D eigenvalue weighted by Gasteiger charge is 2.18. The van der Waals surface area contributed by atoms with Crippen LogP contribution in [0.3, 0.4) is 0 Å². The summed E-state index contributed by atoms with van der Waals surface area (Å²) in [6.45, 7) is 1.26. The van der Waals surface area contributed by atoms with Crippen LogP contribution in [0.5, 0.6) is 0 Å². The first kappa shape index (κ1) is 19.9. The number of carbonyl (C=O) groups is 1. The largest absolute Gasteiger partial charge is 0.445 e. The Balaban J connectivity index is 1.72. The highest BCUT2D eigenvalue weighted by atomic mass is 32.2. The molecule has 0 heterocycles. The van der Waals surface area contributed by atoms with Crippen molar-refractivity contribution in [2.75, 3.05) is 13.2 Å². The molecule has 2 rings (SSSR count). The summed E-state index contributed by atoms with van der Waals surface area (Å²) in [6.07, 6.45) is -1.91. The first-order chi connectivity index (χ1) is 12.4. The van der Waals surface area contributed by atoms with E-state index in [-0.39, 0.29) is 18.0 Å². The Hall–Kier alpha value is -2.42. The number of hydrogen-bond acceptors (Lipinski definition) is 6. The maximum absolute atomic E-state index is 12.0. The SMILES string of the molecule is Cc1ccc(S(=O)(=O)OCC(O)CNC(=O)OCc2ccccc2)cc1. The minimum atomic E-state index is -3.96. The summed E-state index contributed by atoms with van der Waals surface area (Å²) >= 11 is 0. The Morgan fingerprint density at radius 3 is 2.42 bits per heavy atom. The second-order valence-electron chi connectivity index (χ2n) is 5.65. The third kappa shape index (κ3) is 6.47. The van der Waals surface area contributed by atoms with Gasteiger partial charge in [0.25, 0.3) is 10.1 Å². The van der Waals surface area contributed by atoms with E-state index < -0.39 is 28.9 Å². The summed E-state index contributed by atoms with van der Waals surface area (Å²) in [5, 5.41) is 12.1. The number of aliphatic hydroxyl groups excluding tert-OH is 1. The Bertz CT molecular complexity index is 805. The molecular formula is C18H21NO6S. The molecule has 0 aliphatic carbocycles. The molecule has 0 saturated heterocycles. The van der Waals surface area contributed by atoms with Gasteiger partial charge in [-0.1, -0.05) is 48.0 Å². The molecule has 0 radical (unpaired) electrons. The van der Waals surface area contributed by atoms with Crippen molar-refractivity contribution in [3.63, 3.8) is 0 Å². The summed E-state index contributed by atoms with van der Waals surface area (Å²) in [7, 11) is -3.96. The lowest BCUT2D eigenvalue weighted by Gasteiger charge is -2.13. The van der Waals surface area contributed by atoms with Gasteiger partial charge in [-0.25, -0.2) is 4.79 Å². The predicted molar refractivity (Wildman–Crippen MR) is 95.0 cm³/mol. The Kier molecular flexibility index (Phi) is 7.14. The normalized spacial score (nSPS) is 12.4. The van der Waals surface area contributed by atoms with Crippen LogP contribution in [0.1, 0.15) is 11.1 Å². The number of alkyl carbamates (subject to hydrolysis) is 1. The van der Waals surface area contributed by atoms with Gasteiger partial charge in [-0.15, -0.1) is 0 Å². The molecule has 0 aliphatic rings. The van der Waals surface area contributed by atoms with Crippen LogP contribution in [0, 0.1) is 6.92 Å². The topological polar surface area (TPSA) is 102 Å². The molecule has 1 atom stereocenters. The molecule has 2 aromatic rings. The lowest BCUT2D eigenvalue weighted by molar-refractivity contribution is 0.0988. The van der Waals surface area contributed by atoms with Gasteiger partial charge in [0, 0.05) is 6.54 Å². The van der Waals surface area contributed by atoms with Crippen LogP contribution < -0.4 is 5.32 Å². The fourth-order valence-corrected chi connectivity index (χ4v) is 2.92. The van der Waals surface area contributed by atoms with Crippen molar-refractivity contribution in [3.8, 4) is 0 Å². The molecular weight excluding hydrogens is 358 g/mol. The number of nitrogens with one attached hydrogen (secondary N) is 1. The number of aliphatic hydroxyl groups is 1. The van der Waals surface area contributed by atoms with Gasteiger partial charge in [0.15, 0.2) is 0 Å². The van der Waals surface area contributed by atoms with E-state index in [1.807, 2.05) is 37.3 Å². The number of rotatable bonds is 8. The van der Waals surface area contributed by atoms with E-state index in [1.165, 1.54) is 12.1 Å². The maximum atomic E-state index is 12.0. The molecule has 26 heavy (non-hydrogen) atoms. The minimum absolute atomic E-state index is 0.00512. The van der Waals surface area contributed by atoms with Crippen molar-refractivity contribution in [1.29, 1.82) is 0 Å². The molecule has 0 aliphatic heterocycles. The van der Waals surface area contributed by atoms with E-state index in [9.17, 15) is 18.3 Å². The minimum Gasteiger partial charge on any atom is -0.445 e. The molecule has 8 heteroatoms. The van der Waals surface area contributed by atoms with Gasteiger partial charge >= 0.3 is 6.09 Å². The van der Waals surface area contributed by atoms with Crippen LogP contribution in [0.15, 0.2) is 59.5 Å². The first-order valence-corrected chi connectivity index (χ1v) is 9.36. The van der Waals surface area contributed by atoms with E-state index in [2.05, 4.69) is 5.32 Å². The second kappa shape index (κ2) is 9.33. The number of benzene rings is 2. The van der Waals surface area contributed by atoms with E-state index in [0.717, 1.165) is 11.1 Å². The number of hydrogen-bond donors (Lipinski definition) is 2. The monoisotopic (exact) mass is 379 g/mol. The van der Waals surface area contributed by atoms with Crippen LogP contribution in [0.4, 0.5) is 4.79 Å². The van der Waals surface area contributed by atoms with Crippen LogP contribution in [-0.4, -0.2) is 38.9 Å². The zero-order valence-electron chi connectivity index (χ0n) is 14.3. The lowest BCUT2D eigenvalue weighted by atomic mass is 10.2. The molecule has 0 aromatic heterocycles. The summed E-state index contributed by atoms with van der Waals surface area (Å²) in [5.41, 5.74) is 1.75.